The lowest BCUT2D eigenvalue weighted by molar-refractivity contribution is -0.115. The molecule has 0 spiro atoms. The van der Waals surface area contributed by atoms with Gasteiger partial charge in [-0.3, -0.25) is 4.79 Å². The molecule has 1 aromatic heterocycles. The number of thioether (sulfide) groups is 1. The molecule has 110 valence electrons. The monoisotopic (exact) mass is 360 g/mol. The minimum atomic E-state index is -0.375. The number of nitrogens with one attached hydrogen (secondary N) is 1. The van der Waals surface area contributed by atoms with Crippen LogP contribution >= 0.6 is 46.6 Å². The average Bonchev–Trinajstić information content (AvgIpc) is 2.45. The molecule has 0 saturated heterocycles. The third kappa shape index (κ3) is 4.51. The van der Waals surface area contributed by atoms with Gasteiger partial charge in [0.15, 0.2) is 0 Å². The highest BCUT2D eigenvalue weighted by Crippen LogP contribution is 2.36. The Morgan fingerprint density at radius 3 is 2.43 bits per heavy atom. The van der Waals surface area contributed by atoms with Crippen LogP contribution in [0.3, 0.4) is 0 Å². The molecule has 1 amide bonds. The van der Waals surface area contributed by atoms with Crippen molar-refractivity contribution in [2.75, 3.05) is 5.32 Å². The van der Waals surface area contributed by atoms with Crippen molar-refractivity contribution in [2.45, 2.75) is 17.1 Å². The van der Waals surface area contributed by atoms with Crippen LogP contribution in [0.5, 0.6) is 0 Å². The maximum atomic E-state index is 12.1. The minimum Gasteiger partial charge on any atom is -0.310 e. The number of pyridine rings is 1. The van der Waals surface area contributed by atoms with Gasteiger partial charge in [-0.25, -0.2) is 4.98 Å². The Bertz CT molecular complexity index is 629. The Labute approximate surface area is 142 Å². The summed E-state index contributed by atoms with van der Waals surface area (Å²) in [5.74, 6) is 0.257. The predicted octanol–water partition coefficient (Wildman–Crippen LogP) is 5.16. The number of nitrogens with zero attached hydrogens (tertiary/aromatic N) is 1. The lowest BCUT2D eigenvalue weighted by Crippen LogP contribution is -2.22. The highest BCUT2D eigenvalue weighted by atomic mass is 35.5. The molecular weight excluding hydrogens is 351 g/mol. The molecule has 1 aromatic carbocycles. The lowest BCUT2D eigenvalue weighted by atomic mass is 10.4. The third-order valence-corrected chi connectivity index (χ3v) is 4.88. The van der Waals surface area contributed by atoms with Crippen LogP contribution < -0.4 is 5.32 Å². The minimum absolute atomic E-state index is 0.189. The fourth-order valence-electron chi connectivity index (χ4n) is 1.50. The maximum absolute atomic E-state index is 12.1. The van der Waals surface area contributed by atoms with Crippen molar-refractivity contribution in [2.24, 2.45) is 0 Å². The number of benzene rings is 1. The first-order valence-corrected chi connectivity index (χ1v) is 8.02. The SMILES string of the molecule is CC(Sc1c(Cl)cccc1Cl)C(=O)Nc1ccc(Cl)cn1. The van der Waals surface area contributed by atoms with Gasteiger partial charge in [0.25, 0.3) is 0 Å². The number of aromatic nitrogens is 1. The van der Waals surface area contributed by atoms with Crippen LogP contribution in [0.1, 0.15) is 6.92 Å². The standard InChI is InChI=1S/C14H11Cl3N2OS/c1-8(21-13-10(16)3-2-4-11(13)17)14(20)19-12-6-5-9(15)7-18-12/h2-8H,1H3,(H,18,19,20). The molecule has 3 nitrogen and oxygen atoms in total. The number of carbonyl (C=O) groups is 1. The molecule has 21 heavy (non-hydrogen) atoms. The second-order valence-electron chi connectivity index (χ2n) is 4.16. The van der Waals surface area contributed by atoms with Gasteiger partial charge in [-0.1, -0.05) is 40.9 Å². The van der Waals surface area contributed by atoms with Crippen molar-refractivity contribution < 1.29 is 4.79 Å². The van der Waals surface area contributed by atoms with E-state index in [1.165, 1.54) is 18.0 Å². The molecule has 0 aliphatic rings. The summed E-state index contributed by atoms with van der Waals surface area (Å²) in [4.78, 5) is 16.8. The zero-order chi connectivity index (χ0) is 15.4. The molecule has 7 heteroatoms. The molecule has 1 atom stereocenters. The molecule has 0 aliphatic heterocycles. The van der Waals surface area contributed by atoms with E-state index in [0.29, 0.717) is 25.8 Å². The summed E-state index contributed by atoms with van der Waals surface area (Å²) in [6, 6.07) is 8.53. The van der Waals surface area contributed by atoms with Crippen molar-refractivity contribution in [3.63, 3.8) is 0 Å². The second kappa shape index (κ2) is 7.36. The quantitative estimate of drug-likeness (QED) is 0.765. The Balaban J connectivity index is 2.04. The Morgan fingerprint density at radius 1 is 1.19 bits per heavy atom. The smallest absolute Gasteiger partial charge is 0.238 e. The molecule has 0 saturated carbocycles. The summed E-state index contributed by atoms with van der Waals surface area (Å²) in [6.45, 7) is 1.77. The van der Waals surface area contributed by atoms with E-state index < -0.39 is 0 Å². The van der Waals surface area contributed by atoms with Crippen LogP contribution in [0.25, 0.3) is 0 Å². The topological polar surface area (TPSA) is 42.0 Å². The molecule has 1 N–H and O–H groups in total. The first-order chi connectivity index (χ1) is 9.97. The van der Waals surface area contributed by atoms with Crippen molar-refractivity contribution in [3.8, 4) is 0 Å². The van der Waals surface area contributed by atoms with Crippen molar-refractivity contribution in [1.82, 2.24) is 4.98 Å². The highest BCUT2D eigenvalue weighted by Gasteiger charge is 2.18. The summed E-state index contributed by atoms with van der Waals surface area (Å²) < 4.78 is 0. The van der Waals surface area contributed by atoms with Gasteiger partial charge in [0, 0.05) is 11.1 Å². The van der Waals surface area contributed by atoms with E-state index >= 15 is 0 Å². The summed E-state index contributed by atoms with van der Waals surface area (Å²) >= 11 is 19.2. The number of rotatable bonds is 4. The Morgan fingerprint density at radius 2 is 1.86 bits per heavy atom. The van der Waals surface area contributed by atoms with E-state index in [0.717, 1.165) is 0 Å². The molecule has 2 rings (SSSR count). The van der Waals surface area contributed by atoms with Gasteiger partial charge < -0.3 is 5.32 Å². The first kappa shape index (κ1) is 16.4. The van der Waals surface area contributed by atoms with Crippen molar-refractivity contribution in [3.05, 3.63) is 51.6 Å². The van der Waals surface area contributed by atoms with E-state index in [1.807, 2.05) is 0 Å². The number of anilines is 1. The third-order valence-electron chi connectivity index (χ3n) is 2.56. The van der Waals surface area contributed by atoms with Gasteiger partial charge in [0.2, 0.25) is 5.91 Å². The molecule has 0 radical (unpaired) electrons. The number of carbonyl (C=O) groups excluding carboxylic acids is 1. The van der Waals surface area contributed by atoms with E-state index in [2.05, 4.69) is 10.3 Å². The van der Waals surface area contributed by atoms with Crippen molar-refractivity contribution >= 4 is 58.3 Å². The zero-order valence-corrected chi connectivity index (χ0v) is 14.0. The van der Waals surface area contributed by atoms with Gasteiger partial charge in [-0.05, 0) is 31.2 Å². The summed E-state index contributed by atoms with van der Waals surface area (Å²) in [5, 5.41) is 3.90. The van der Waals surface area contributed by atoms with E-state index in [9.17, 15) is 4.79 Å². The van der Waals surface area contributed by atoms with Gasteiger partial charge in [-0.2, -0.15) is 0 Å². The second-order valence-corrected chi connectivity index (χ2v) is 6.76. The molecule has 0 fully saturated rings. The lowest BCUT2D eigenvalue weighted by Gasteiger charge is -2.13. The maximum Gasteiger partial charge on any atom is 0.238 e. The van der Waals surface area contributed by atoms with Crippen LogP contribution in [-0.4, -0.2) is 16.1 Å². The number of hydrogen-bond donors (Lipinski definition) is 1. The summed E-state index contributed by atoms with van der Waals surface area (Å²) in [5.41, 5.74) is 0. The van der Waals surface area contributed by atoms with E-state index in [1.54, 1.807) is 37.3 Å². The van der Waals surface area contributed by atoms with Crippen LogP contribution in [0.2, 0.25) is 15.1 Å². The summed E-state index contributed by atoms with van der Waals surface area (Å²) in [6.07, 6.45) is 1.47. The largest absolute Gasteiger partial charge is 0.310 e. The molecule has 0 bridgehead atoms. The van der Waals surface area contributed by atoms with Gasteiger partial charge in [-0.15, -0.1) is 11.8 Å². The Kier molecular flexibility index (Phi) is 5.76. The molecule has 2 aromatic rings. The number of hydrogen-bond acceptors (Lipinski definition) is 3. The van der Waals surface area contributed by atoms with Gasteiger partial charge >= 0.3 is 0 Å². The molecule has 0 aliphatic carbocycles. The van der Waals surface area contributed by atoms with Crippen LogP contribution in [0.15, 0.2) is 41.4 Å². The van der Waals surface area contributed by atoms with Crippen LogP contribution in [0.4, 0.5) is 5.82 Å². The van der Waals surface area contributed by atoms with Crippen LogP contribution in [0, 0.1) is 0 Å². The number of amides is 1. The average molecular weight is 362 g/mol. The fourth-order valence-corrected chi connectivity index (χ4v) is 3.16. The number of halogens is 3. The predicted molar refractivity (Wildman–Crippen MR) is 89.7 cm³/mol. The normalized spacial score (nSPS) is 12.0. The molecule has 1 unspecified atom stereocenters. The van der Waals surface area contributed by atoms with E-state index in [-0.39, 0.29) is 11.2 Å². The van der Waals surface area contributed by atoms with Crippen LogP contribution in [-0.2, 0) is 4.79 Å². The summed E-state index contributed by atoms with van der Waals surface area (Å²) in [7, 11) is 0. The fraction of sp³-hybridized carbons (Fsp3) is 0.143. The van der Waals surface area contributed by atoms with Crippen molar-refractivity contribution in [1.29, 1.82) is 0 Å². The zero-order valence-electron chi connectivity index (χ0n) is 10.9. The highest BCUT2D eigenvalue weighted by molar-refractivity contribution is 8.00. The van der Waals surface area contributed by atoms with Gasteiger partial charge in [0.1, 0.15) is 5.82 Å². The molecule has 1 heterocycles. The molecular formula is C14H11Cl3N2OS. The Hall–Kier alpha value is -0.940. The van der Waals surface area contributed by atoms with Gasteiger partial charge in [0.05, 0.1) is 20.3 Å². The first-order valence-electron chi connectivity index (χ1n) is 6.00. The van der Waals surface area contributed by atoms with E-state index in [4.69, 9.17) is 34.8 Å².